The molecule has 0 aliphatic carbocycles. The summed E-state index contributed by atoms with van der Waals surface area (Å²) >= 11 is 4.93. The second kappa shape index (κ2) is 7.74. The molecular formula is C12H17BrN2OS. The fourth-order valence-electron chi connectivity index (χ4n) is 1.15. The Morgan fingerprint density at radius 1 is 1.35 bits per heavy atom. The first-order chi connectivity index (χ1) is 8.08. The summed E-state index contributed by atoms with van der Waals surface area (Å²) in [5, 5.41) is 2.88. The van der Waals surface area contributed by atoms with Gasteiger partial charge in [0.2, 0.25) is 5.91 Å². The molecule has 94 valence electrons. The summed E-state index contributed by atoms with van der Waals surface area (Å²) in [6, 6.07) is 7.96. The standard InChI is InChI=1S/C12H17BrN2OS/c1-15(2)8-7-14-12(16)9-17-11-5-3-10(13)4-6-11/h3-6H,7-9H2,1-2H3,(H,14,16). The SMILES string of the molecule is CN(C)CCNC(=O)CSc1ccc(Br)cc1. The second-order valence-corrected chi connectivity index (χ2v) is 5.86. The number of benzene rings is 1. The van der Waals surface area contributed by atoms with E-state index in [1.54, 1.807) is 11.8 Å². The predicted molar refractivity (Wildman–Crippen MR) is 76.4 cm³/mol. The number of halogens is 1. The van der Waals surface area contributed by atoms with Gasteiger partial charge in [-0.15, -0.1) is 11.8 Å². The third kappa shape index (κ3) is 6.71. The Balaban J connectivity index is 2.21. The van der Waals surface area contributed by atoms with E-state index in [0.717, 1.165) is 15.9 Å². The van der Waals surface area contributed by atoms with Gasteiger partial charge in [0.15, 0.2) is 0 Å². The van der Waals surface area contributed by atoms with Gasteiger partial charge in [-0.05, 0) is 38.4 Å². The number of carbonyl (C=O) groups excluding carboxylic acids is 1. The van der Waals surface area contributed by atoms with Crippen molar-refractivity contribution in [2.75, 3.05) is 32.9 Å². The number of thioether (sulfide) groups is 1. The van der Waals surface area contributed by atoms with Gasteiger partial charge >= 0.3 is 0 Å². The molecule has 0 saturated heterocycles. The summed E-state index contributed by atoms with van der Waals surface area (Å²) in [6.45, 7) is 1.57. The maximum atomic E-state index is 11.5. The summed E-state index contributed by atoms with van der Waals surface area (Å²) in [7, 11) is 3.98. The average Bonchev–Trinajstić information content (AvgIpc) is 2.28. The molecule has 0 spiro atoms. The molecule has 1 aromatic carbocycles. The summed E-state index contributed by atoms with van der Waals surface area (Å²) in [6.07, 6.45) is 0. The molecule has 0 bridgehead atoms. The normalized spacial score (nSPS) is 10.6. The zero-order chi connectivity index (χ0) is 12.7. The van der Waals surface area contributed by atoms with E-state index in [4.69, 9.17) is 0 Å². The van der Waals surface area contributed by atoms with Crippen LogP contribution in [0.1, 0.15) is 0 Å². The number of nitrogens with one attached hydrogen (secondary N) is 1. The van der Waals surface area contributed by atoms with Crippen molar-refractivity contribution < 1.29 is 4.79 Å². The van der Waals surface area contributed by atoms with Crippen LogP contribution in [-0.2, 0) is 4.79 Å². The molecule has 1 aromatic rings. The highest BCUT2D eigenvalue weighted by molar-refractivity contribution is 9.10. The zero-order valence-corrected chi connectivity index (χ0v) is 12.5. The van der Waals surface area contributed by atoms with Gasteiger partial charge in [0.25, 0.3) is 0 Å². The smallest absolute Gasteiger partial charge is 0.230 e. The molecule has 0 saturated carbocycles. The van der Waals surface area contributed by atoms with Crippen LogP contribution in [0, 0.1) is 0 Å². The van der Waals surface area contributed by atoms with E-state index in [2.05, 4.69) is 21.2 Å². The first-order valence-electron chi connectivity index (χ1n) is 5.38. The molecule has 17 heavy (non-hydrogen) atoms. The molecular weight excluding hydrogens is 300 g/mol. The van der Waals surface area contributed by atoms with Crippen molar-refractivity contribution >= 4 is 33.6 Å². The number of amides is 1. The van der Waals surface area contributed by atoms with E-state index in [1.165, 1.54) is 0 Å². The van der Waals surface area contributed by atoms with E-state index in [-0.39, 0.29) is 5.91 Å². The van der Waals surface area contributed by atoms with Gasteiger partial charge in [0.05, 0.1) is 5.75 Å². The van der Waals surface area contributed by atoms with E-state index in [1.807, 2.05) is 43.3 Å². The molecule has 0 fully saturated rings. The van der Waals surface area contributed by atoms with Gasteiger partial charge in [0.1, 0.15) is 0 Å². The minimum absolute atomic E-state index is 0.0831. The highest BCUT2D eigenvalue weighted by atomic mass is 79.9. The Bertz CT molecular complexity index is 354. The lowest BCUT2D eigenvalue weighted by Crippen LogP contribution is -2.32. The van der Waals surface area contributed by atoms with E-state index >= 15 is 0 Å². The van der Waals surface area contributed by atoms with Crippen molar-refractivity contribution in [3.05, 3.63) is 28.7 Å². The largest absolute Gasteiger partial charge is 0.354 e. The van der Waals surface area contributed by atoms with Crippen molar-refractivity contribution in [3.63, 3.8) is 0 Å². The number of nitrogens with zero attached hydrogens (tertiary/aromatic N) is 1. The van der Waals surface area contributed by atoms with Crippen molar-refractivity contribution in [3.8, 4) is 0 Å². The lowest BCUT2D eigenvalue weighted by Gasteiger charge is -2.10. The van der Waals surface area contributed by atoms with E-state index in [9.17, 15) is 4.79 Å². The summed E-state index contributed by atoms with van der Waals surface area (Å²) < 4.78 is 1.05. The van der Waals surface area contributed by atoms with E-state index in [0.29, 0.717) is 12.3 Å². The summed E-state index contributed by atoms with van der Waals surface area (Å²) in [4.78, 5) is 14.7. The average molecular weight is 317 g/mol. The second-order valence-electron chi connectivity index (χ2n) is 3.90. The fourth-order valence-corrected chi connectivity index (χ4v) is 2.14. The number of likely N-dealkylation sites (N-methyl/N-ethyl adjacent to an activating group) is 1. The van der Waals surface area contributed by atoms with Crippen LogP contribution in [-0.4, -0.2) is 43.7 Å². The lowest BCUT2D eigenvalue weighted by molar-refractivity contribution is -0.118. The Labute approximate surface area is 115 Å². The summed E-state index contributed by atoms with van der Waals surface area (Å²) in [5.41, 5.74) is 0. The van der Waals surface area contributed by atoms with Crippen LogP contribution in [0.5, 0.6) is 0 Å². The molecule has 0 aromatic heterocycles. The Morgan fingerprint density at radius 3 is 2.59 bits per heavy atom. The first kappa shape index (κ1) is 14.5. The molecule has 0 atom stereocenters. The maximum Gasteiger partial charge on any atom is 0.230 e. The summed E-state index contributed by atoms with van der Waals surface area (Å²) in [5.74, 6) is 0.550. The van der Waals surface area contributed by atoms with Gasteiger partial charge in [-0.3, -0.25) is 4.79 Å². The van der Waals surface area contributed by atoms with Gasteiger partial charge in [0, 0.05) is 22.5 Å². The molecule has 0 unspecified atom stereocenters. The van der Waals surface area contributed by atoms with Crippen LogP contribution >= 0.6 is 27.7 Å². The molecule has 1 rings (SSSR count). The third-order valence-electron chi connectivity index (χ3n) is 2.06. The molecule has 1 N–H and O–H groups in total. The topological polar surface area (TPSA) is 32.3 Å². The van der Waals surface area contributed by atoms with E-state index < -0.39 is 0 Å². The van der Waals surface area contributed by atoms with Gasteiger partial charge in [-0.25, -0.2) is 0 Å². The Kier molecular flexibility index (Phi) is 6.62. The monoisotopic (exact) mass is 316 g/mol. The molecule has 0 aliphatic rings. The first-order valence-corrected chi connectivity index (χ1v) is 7.15. The molecule has 1 amide bonds. The molecule has 3 nitrogen and oxygen atoms in total. The van der Waals surface area contributed by atoms with Crippen LogP contribution in [0.4, 0.5) is 0 Å². The van der Waals surface area contributed by atoms with Gasteiger partial charge in [-0.1, -0.05) is 15.9 Å². The highest BCUT2D eigenvalue weighted by Crippen LogP contribution is 2.20. The fraction of sp³-hybridized carbons (Fsp3) is 0.417. The van der Waals surface area contributed by atoms with Crippen LogP contribution in [0.25, 0.3) is 0 Å². The molecule has 5 heteroatoms. The maximum absolute atomic E-state index is 11.5. The minimum Gasteiger partial charge on any atom is -0.354 e. The Morgan fingerprint density at radius 2 is 2.00 bits per heavy atom. The van der Waals surface area contributed by atoms with Crippen LogP contribution in [0.15, 0.2) is 33.6 Å². The van der Waals surface area contributed by atoms with Crippen LogP contribution < -0.4 is 5.32 Å². The molecule has 0 aliphatic heterocycles. The number of hydrogen-bond donors (Lipinski definition) is 1. The number of carbonyl (C=O) groups is 1. The predicted octanol–water partition coefficient (Wildman–Crippen LogP) is 2.22. The quantitative estimate of drug-likeness (QED) is 0.817. The van der Waals surface area contributed by atoms with Crippen LogP contribution in [0.3, 0.4) is 0 Å². The minimum atomic E-state index is 0.0831. The highest BCUT2D eigenvalue weighted by Gasteiger charge is 2.02. The van der Waals surface area contributed by atoms with Crippen molar-refractivity contribution in [2.45, 2.75) is 4.90 Å². The number of rotatable bonds is 6. The molecule has 0 radical (unpaired) electrons. The van der Waals surface area contributed by atoms with Crippen LogP contribution in [0.2, 0.25) is 0 Å². The van der Waals surface area contributed by atoms with Crippen molar-refractivity contribution in [1.29, 1.82) is 0 Å². The lowest BCUT2D eigenvalue weighted by atomic mass is 10.4. The van der Waals surface area contributed by atoms with Crippen molar-refractivity contribution in [1.82, 2.24) is 10.2 Å². The van der Waals surface area contributed by atoms with Gasteiger partial charge in [-0.2, -0.15) is 0 Å². The Hall–Kier alpha value is -0.520. The molecule has 0 heterocycles. The zero-order valence-electron chi connectivity index (χ0n) is 10.1. The number of hydrogen-bond acceptors (Lipinski definition) is 3. The van der Waals surface area contributed by atoms with Gasteiger partial charge < -0.3 is 10.2 Å². The third-order valence-corrected chi connectivity index (χ3v) is 3.61. The van der Waals surface area contributed by atoms with Crippen molar-refractivity contribution in [2.24, 2.45) is 0 Å².